The minimum atomic E-state index is -0.638. The largest absolute Gasteiger partial charge is 0.338 e. The van der Waals surface area contributed by atoms with Crippen LogP contribution in [0.4, 0.5) is 0 Å². The smallest absolute Gasteiger partial charge is 0.334 e. The van der Waals surface area contributed by atoms with Crippen LogP contribution in [0.2, 0.25) is 0 Å². The molecule has 0 saturated carbocycles. The molecule has 2 aliphatic heterocycles. The van der Waals surface area contributed by atoms with Crippen LogP contribution in [0, 0.1) is 0 Å². The zero-order chi connectivity index (χ0) is 14.9. The van der Waals surface area contributed by atoms with Gasteiger partial charge in [0.15, 0.2) is 0 Å². The number of hydrogen-bond donors (Lipinski definition) is 0. The molecule has 0 unspecified atom stereocenters. The molecule has 108 valence electrons. The molecule has 2 rings (SSSR count). The summed E-state index contributed by atoms with van der Waals surface area (Å²) < 4.78 is 0. The second-order valence-corrected chi connectivity index (χ2v) is 5.38. The summed E-state index contributed by atoms with van der Waals surface area (Å²) >= 11 is 0. The molecule has 2 aliphatic rings. The zero-order valence-corrected chi connectivity index (χ0v) is 11.4. The number of carbonyl (C=O) groups excluding carboxylic acids is 4. The Kier molecular flexibility index (Phi) is 3.61. The molecule has 0 aliphatic carbocycles. The average Bonchev–Trinajstić information content (AvgIpc) is 2.82. The number of nitrogens with zero attached hydrogens (tertiary/aromatic N) is 2. The minimum absolute atomic E-state index is 0.0496. The van der Waals surface area contributed by atoms with Crippen molar-refractivity contribution in [2.24, 2.45) is 0 Å². The maximum atomic E-state index is 11.7. The van der Waals surface area contributed by atoms with E-state index in [1.807, 2.05) is 13.8 Å². The fourth-order valence-corrected chi connectivity index (χ4v) is 2.13. The molecule has 1 fully saturated rings. The highest BCUT2D eigenvalue weighted by Crippen LogP contribution is 2.29. The number of amides is 3. The molecule has 0 radical (unpaired) electrons. The maximum Gasteiger partial charge on any atom is 0.334 e. The van der Waals surface area contributed by atoms with Crippen LogP contribution in [0.3, 0.4) is 0 Å². The van der Waals surface area contributed by atoms with Crippen molar-refractivity contribution in [1.29, 1.82) is 0 Å². The first-order valence-corrected chi connectivity index (χ1v) is 6.39. The monoisotopic (exact) mass is 280 g/mol. The molecule has 3 amide bonds. The van der Waals surface area contributed by atoms with E-state index in [1.54, 1.807) is 0 Å². The SMILES string of the molecule is CC1(C)CCC(=O)N1OC(=O)CCN1C(=O)C=CC1=O. The van der Waals surface area contributed by atoms with E-state index in [4.69, 9.17) is 4.84 Å². The Morgan fingerprint density at radius 1 is 1.25 bits per heavy atom. The van der Waals surface area contributed by atoms with Crippen molar-refractivity contribution in [3.05, 3.63) is 12.2 Å². The van der Waals surface area contributed by atoms with Gasteiger partial charge in [-0.05, 0) is 20.3 Å². The van der Waals surface area contributed by atoms with Crippen LogP contribution >= 0.6 is 0 Å². The fourth-order valence-electron chi connectivity index (χ4n) is 2.13. The number of rotatable bonds is 4. The van der Waals surface area contributed by atoms with Crippen molar-refractivity contribution in [2.45, 2.75) is 38.6 Å². The van der Waals surface area contributed by atoms with E-state index in [9.17, 15) is 19.2 Å². The third-order valence-electron chi connectivity index (χ3n) is 3.36. The van der Waals surface area contributed by atoms with Crippen molar-refractivity contribution >= 4 is 23.7 Å². The lowest BCUT2D eigenvalue weighted by atomic mass is 10.0. The van der Waals surface area contributed by atoms with E-state index in [0.29, 0.717) is 12.8 Å². The number of imide groups is 1. The van der Waals surface area contributed by atoms with Crippen molar-refractivity contribution in [2.75, 3.05) is 6.54 Å². The van der Waals surface area contributed by atoms with Gasteiger partial charge in [-0.1, -0.05) is 0 Å². The molecule has 7 nitrogen and oxygen atoms in total. The molecule has 0 atom stereocenters. The predicted molar refractivity (Wildman–Crippen MR) is 66.7 cm³/mol. The molecule has 0 aromatic carbocycles. The van der Waals surface area contributed by atoms with Gasteiger partial charge in [0.2, 0.25) is 0 Å². The molecule has 0 aromatic heterocycles. The van der Waals surface area contributed by atoms with Crippen molar-refractivity contribution in [3.8, 4) is 0 Å². The van der Waals surface area contributed by atoms with Crippen molar-refractivity contribution in [3.63, 3.8) is 0 Å². The molecule has 0 aromatic rings. The molecule has 0 N–H and O–H groups in total. The van der Waals surface area contributed by atoms with Gasteiger partial charge in [-0.2, -0.15) is 5.06 Å². The summed E-state index contributed by atoms with van der Waals surface area (Å²) in [5.74, 6) is -1.76. The second-order valence-electron chi connectivity index (χ2n) is 5.38. The third kappa shape index (κ3) is 2.71. The van der Waals surface area contributed by atoms with Gasteiger partial charge in [0.05, 0.1) is 12.0 Å². The van der Waals surface area contributed by atoms with Gasteiger partial charge in [0.1, 0.15) is 0 Å². The van der Waals surface area contributed by atoms with Gasteiger partial charge in [0.25, 0.3) is 17.7 Å². The van der Waals surface area contributed by atoms with Gasteiger partial charge in [-0.15, -0.1) is 0 Å². The van der Waals surface area contributed by atoms with Gasteiger partial charge in [-0.25, -0.2) is 4.79 Å². The van der Waals surface area contributed by atoms with E-state index in [-0.39, 0.29) is 18.9 Å². The van der Waals surface area contributed by atoms with Gasteiger partial charge < -0.3 is 4.84 Å². The first-order valence-electron chi connectivity index (χ1n) is 6.39. The molecule has 20 heavy (non-hydrogen) atoms. The van der Waals surface area contributed by atoms with Crippen molar-refractivity contribution < 1.29 is 24.0 Å². The minimum Gasteiger partial charge on any atom is -0.338 e. The normalized spacial score (nSPS) is 21.0. The zero-order valence-electron chi connectivity index (χ0n) is 11.4. The number of hydroxylamine groups is 2. The molecule has 7 heteroatoms. The quantitative estimate of drug-likeness (QED) is 0.685. The van der Waals surface area contributed by atoms with Crippen LogP contribution < -0.4 is 0 Å². The highest BCUT2D eigenvalue weighted by atomic mass is 16.7. The van der Waals surface area contributed by atoms with Crippen LogP contribution in [0.25, 0.3) is 0 Å². The van der Waals surface area contributed by atoms with E-state index >= 15 is 0 Å². The predicted octanol–water partition coefficient (Wildman–Crippen LogP) is 0.161. The Hall–Kier alpha value is -2.18. The van der Waals surface area contributed by atoms with Gasteiger partial charge >= 0.3 is 5.97 Å². The molecule has 2 heterocycles. The second kappa shape index (κ2) is 5.07. The van der Waals surface area contributed by atoms with Crippen molar-refractivity contribution in [1.82, 2.24) is 9.96 Å². The standard InChI is InChI=1S/C13H16N2O5/c1-13(2)7-5-11(18)15(13)20-12(19)6-8-14-9(16)3-4-10(14)17/h3-4H,5-8H2,1-2H3. The van der Waals surface area contributed by atoms with Gasteiger partial charge in [0, 0.05) is 25.1 Å². The first-order chi connectivity index (χ1) is 9.31. The lowest BCUT2D eigenvalue weighted by molar-refractivity contribution is -0.210. The summed E-state index contributed by atoms with van der Waals surface area (Å²) in [4.78, 5) is 51.9. The number of hydrogen-bond acceptors (Lipinski definition) is 5. The van der Waals surface area contributed by atoms with Crippen LogP contribution in [0.5, 0.6) is 0 Å². The Bertz CT molecular complexity index is 491. The Morgan fingerprint density at radius 3 is 2.35 bits per heavy atom. The molecular formula is C13H16N2O5. The summed E-state index contributed by atoms with van der Waals surface area (Å²) in [5.41, 5.74) is -0.520. The Balaban J connectivity index is 1.86. The molecule has 0 spiro atoms. The summed E-state index contributed by atoms with van der Waals surface area (Å²) in [6.45, 7) is 3.57. The van der Waals surface area contributed by atoms with E-state index in [0.717, 1.165) is 22.1 Å². The lowest BCUT2D eigenvalue weighted by Gasteiger charge is -2.29. The van der Waals surface area contributed by atoms with Crippen LogP contribution in [0.15, 0.2) is 12.2 Å². The Morgan fingerprint density at radius 2 is 1.85 bits per heavy atom. The topological polar surface area (TPSA) is 84.0 Å². The lowest BCUT2D eigenvalue weighted by Crippen LogP contribution is -2.42. The molecule has 1 saturated heterocycles. The third-order valence-corrected chi connectivity index (χ3v) is 3.36. The van der Waals surface area contributed by atoms with Crippen LogP contribution in [0.1, 0.15) is 33.1 Å². The highest BCUT2D eigenvalue weighted by molar-refractivity contribution is 6.13. The summed E-state index contributed by atoms with van der Waals surface area (Å²) in [7, 11) is 0. The summed E-state index contributed by atoms with van der Waals surface area (Å²) in [6.07, 6.45) is 3.12. The maximum absolute atomic E-state index is 11.7. The fraction of sp³-hybridized carbons (Fsp3) is 0.538. The summed E-state index contributed by atoms with van der Waals surface area (Å²) in [6, 6.07) is 0. The van der Waals surface area contributed by atoms with E-state index in [2.05, 4.69) is 0 Å². The van der Waals surface area contributed by atoms with Gasteiger partial charge in [-0.3, -0.25) is 19.3 Å². The van der Waals surface area contributed by atoms with Crippen LogP contribution in [-0.4, -0.2) is 45.7 Å². The summed E-state index contributed by atoms with van der Waals surface area (Å²) in [5, 5.41) is 1.08. The van der Waals surface area contributed by atoms with E-state index in [1.165, 1.54) is 0 Å². The highest BCUT2D eigenvalue weighted by Gasteiger charge is 2.41. The van der Waals surface area contributed by atoms with Crippen LogP contribution in [-0.2, 0) is 24.0 Å². The Labute approximate surface area is 116 Å². The van der Waals surface area contributed by atoms with E-state index < -0.39 is 23.3 Å². The first kappa shape index (κ1) is 14.2. The molecular weight excluding hydrogens is 264 g/mol. The molecule has 0 bridgehead atoms. The average molecular weight is 280 g/mol. The number of carbonyl (C=O) groups is 4.